The molecule has 138 valence electrons. The van der Waals surface area contributed by atoms with Gasteiger partial charge in [0.15, 0.2) is 5.76 Å². The fraction of sp³-hybridized carbons (Fsp3) is 0.0556. The number of rotatable bonds is 5. The smallest absolute Gasteiger partial charge is 0.290 e. The molecule has 3 rings (SSSR count). The summed E-state index contributed by atoms with van der Waals surface area (Å²) in [7, 11) is 1.41. The Labute approximate surface area is 164 Å². The van der Waals surface area contributed by atoms with Crippen molar-refractivity contribution < 1.29 is 9.53 Å². The van der Waals surface area contributed by atoms with Crippen LogP contribution >= 0.6 is 23.2 Å². The van der Waals surface area contributed by atoms with E-state index < -0.39 is 5.91 Å². The zero-order valence-corrected chi connectivity index (χ0v) is 15.7. The SMILES string of the molecule is CO/C(=C/C=C/c1cc2cc(Cl)c(Cl)cc2[nH]1)C(=O)Nc1cnc(N)nc1. The van der Waals surface area contributed by atoms with Gasteiger partial charge in [-0.1, -0.05) is 29.3 Å². The van der Waals surface area contributed by atoms with E-state index in [0.29, 0.717) is 15.7 Å². The number of anilines is 2. The van der Waals surface area contributed by atoms with E-state index in [4.69, 9.17) is 33.7 Å². The van der Waals surface area contributed by atoms with E-state index in [9.17, 15) is 4.79 Å². The lowest BCUT2D eigenvalue weighted by Crippen LogP contribution is -2.16. The van der Waals surface area contributed by atoms with Crippen LogP contribution in [0, 0.1) is 0 Å². The number of nitrogens with zero attached hydrogens (tertiary/aromatic N) is 2. The topological polar surface area (TPSA) is 106 Å². The first kappa shape index (κ1) is 18.8. The molecule has 1 aromatic carbocycles. The maximum absolute atomic E-state index is 12.2. The average molecular weight is 404 g/mol. The lowest BCUT2D eigenvalue weighted by molar-refractivity contribution is -0.115. The Morgan fingerprint density at radius 1 is 1.22 bits per heavy atom. The first-order chi connectivity index (χ1) is 13.0. The molecule has 1 amide bonds. The molecule has 27 heavy (non-hydrogen) atoms. The van der Waals surface area contributed by atoms with Crippen LogP contribution in [0.1, 0.15) is 5.69 Å². The number of hydrogen-bond acceptors (Lipinski definition) is 5. The summed E-state index contributed by atoms with van der Waals surface area (Å²) in [5, 5.41) is 4.52. The largest absolute Gasteiger partial charge is 0.491 e. The van der Waals surface area contributed by atoms with Crippen molar-refractivity contribution in [2.24, 2.45) is 0 Å². The van der Waals surface area contributed by atoms with Gasteiger partial charge in [-0.15, -0.1) is 0 Å². The number of H-pyrrole nitrogens is 1. The van der Waals surface area contributed by atoms with Crippen LogP contribution in [-0.2, 0) is 9.53 Å². The quantitative estimate of drug-likeness (QED) is 0.338. The molecule has 7 nitrogen and oxygen atoms in total. The third-order valence-corrected chi connectivity index (χ3v) is 4.30. The van der Waals surface area contributed by atoms with Crippen molar-refractivity contribution in [3.8, 4) is 0 Å². The van der Waals surface area contributed by atoms with Crippen LogP contribution in [0.4, 0.5) is 11.6 Å². The van der Waals surface area contributed by atoms with E-state index in [1.807, 2.05) is 6.07 Å². The van der Waals surface area contributed by atoms with Crippen LogP contribution in [0.2, 0.25) is 10.0 Å². The van der Waals surface area contributed by atoms with Crippen molar-refractivity contribution in [3.05, 3.63) is 64.2 Å². The number of nitrogens with one attached hydrogen (secondary N) is 2. The van der Waals surface area contributed by atoms with Gasteiger partial charge in [-0.25, -0.2) is 9.97 Å². The number of ether oxygens (including phenoxy) is 1. The highest BCUT2D eigenvalue weighted by molar-refractivity contribution is 6.42. The average Bonchev–Trinajstić information content (AvgIpc) is 3.02. The normalized spacial score (nSPS) is 11.9. The zero-order chi connectivity index (χ0) is 19.4. The van der Waals surface area contributed by atoms with Gasteiger partial charge >= 0.3 is 0 Å². The minimum absolute atomic E-state index is 0.116. The molecule has 0 saturated heterocycles. The molecule has 0 aliphatic carbocycles. The van der Waals surface area contributed by atoms with Gasteiger partial charge in [0.25, 0.3) is 5.91 Å². The van der Waals surface area contributed by atoms with Crippen LogP contribution in [0.3, 0.4) is 0 Å². The standard InChI is InChI=1S/C18H15Cl2N5O2/c1-27-16(17(26)25-12-8-22-18(21)23-9-12)4-2-3-11-5-10-6-13(19)14(20)7-15(10)24-11/h2-9,24H,1H3,(H,25,26)(H2,21,22,23)/b3-2+,16-4+. The van der Waals surface area contributed by atoms with Gasteiger partial charge in [0.05, 0.1) is 35.2 Å². The summed E-state index contributed by atoms with van der Waals surface area (Å²) in [5.74, 6) is -0.199. The highest BCUT2D eigenvalue weighted by Crippen LogP contribution is 2.28. The van der Waals surface area contributed by atoms with Gasteiger partial charge in [0.2, 0.25) is 5.95 Å². The third-order valence-electron chi connectivity index (χ3n) is 3.58. The lowest BCUT2D eigenvalue weighted by atomic mass is 10.2. The molecule has 0 bridgehead atoms. The van der Waals surface area contributed by atoms with Crippen molar-refractivity contribution in [3.63, 3.8) is 0 Å². The first-order valence-electron chi connectivity index (χ1n) is 7.75. The number of nitrogens with two attached hydrogens (primary N) is 1. The fourth-order valence-electron chi connectivity index (χ4n) is 2.31. The molecule has 2 aromatic heterocycles. The van der Waals surface area contributed by atoms with E-state index in [0.717, 1.165) is 16.6 Å². The summed E-state index contributed by atoms with van der Waals surface area (Å²) in [6.07, 6.45) is 7.83. The van der Waals surface area contributed by atoms with Crippen molar-refractivity contribution >= 4 is 57.7 Å². The minimum atomic E-state index is -0.439. The van der Waals surface area contributed by atoms with Crippen molar-refractivity contribution in [2.75, 3.05) is 18.2 Å². The van der Waals surface area contributed by atoms with Gasteiger partial charge < -0.3 is 20.8 Å². The first-order valence-corrected chi connectivity index (χ1v) is 8.51. The molecular formula is C18H15Cl2N5O2. The Balaban J connectivity index is 1.73. The Morgan fingerprint density at radius 3 is 2.63 bits per heavy atom. The molecule has 0 fully saturated rings. The maximum atomic E-state index is 12.2. The predicted molar refractivity (Wildman–Crippen MR) is 108 cm³/mol. The molecular weight excluding hydrogens is 389 g/mol. The number of carbonyl (C=O) groups excluding carboxylic acids is 1. The molecule has 3 aromatic rings. The van der Waals surface area contributed by atoms with Crippen LogP contribution in [0.5, 0.6) is 0 Å². The predicted octanol–water partition coefficient (Wildman–Crippen LogP) is 4.03. The van der Waals surface area contributed by atoms with E-state index >= 15 is 0 Å². The summed E-state index contributed by atoms with van der Waals surface area (Å²) in [4.78, 5) is 23.0. The van der Waals surface area contributed by atoms with Crippen molar-refractivity contribution in [2.45, 2.75) is 0 Å². The number of halogens is 2. The van der Waals surface area contributed by atoms with E-state index in [2.05, 4.69) is 20.3 Å². The molecule has 0 saturated carbocycles. The third kappa shape index (κ3) is 4.58. The van der Waals surface area contributed by atoms with Crippen LogP contribution in [0.15, 0.2) is 48.5 Å². The molecule has 0 spiro atoms. The number of amides is 1. The Hall–Kier alpha value is -3.03. The second-order valence-corrected chi connectivity index (χ2v) is 6.27. The monoisotopic (exact) mass is 403 g/mol. The number of hydrogen-bond donors (Lipinski definition) is 3. The van der Waals surface area contributed by atoms with E-state index in [1.165, 1.54) is 19.5 Å². The summed E-state index contributed by atoms with van der Waals surface area (Å²) in [6, 6.07) is 5.46. The molecule has 0 aliphatic heterocycles. The molecule has 0 aliphatic rings. The number of benzene rings is 1. The van der Waals surface area contributed by atoms with Crippen LogP contribution in [-0.4, -0.2) is 28.0 Å². The summed E-state index contributed by atoms with van der Waals surface area (Å²) < 4.78 is 5.12. The van der Waals surface area contributed by atoms with Gasteiger partial charge in [-0.3, -0.25) is 4.79 Å². The van der Waals surface area contributed by atoms with Gasteiger partial charge in [0.1, 0.15) is 0 Å². The maximum Gasteiger partial charge on any atom is 0.290 e. The summed E-state index contributed by atoms with van der Waals surface area (Å²) in [5.41, 5.74) is 7.50. The number of fused-ring (bicyclic) bond motifs is 1. The van der Waals surface area contributed by atoms with E-state index in [1.54, 1.807) is 30.4 Å². The summed E-state index contributed by atoms with van der Waals surface area (Å²) >= 11 is 12.0. The molecule has 4 N–H and O–H groups in total. The molecule has 0 radical (unpaired) electrons. The molecule has 0 unspecified atom stereocenters. The zero-order valence-electron chi connectivity index (χ0n) is 14.2. The summed E-state index contributed by atoms with van der Waals surface area (Å²) in [6.45, 7) is 0. The minimum Gasteiger partial charge on any atom is -0.491 e. The molecule has 2 heterocycles. The highest BCUT2D eigenvalue weighted by atomic mass is 35.5. The number of methoxy groups -OCH3 is 1. The number of carbonyl (C=O) groups is 1. The van der Waals surface area contributed by atoms with Crippen LogP contribution < -0.4 is 11.1 Å². The van der Waals surface area contributed by atoms with Gasteiger partial charge in [0, 0.05) is 16.6 Å². The van der Waals surface area contributed by atoms with Gasteiger partial charge in [-0.05, 0) is 30.4 Å². The second kappa shape index (κ2) is 8.11. The number of allylic oxidation sites excluding steroid dienone is 2. The molecule has 9 heteroatoms. The van der Waals surface area contributed by atoms with Gasteiger partial charge in [-0.2, -0.15) is 0 Å². The fourth-order valence-corrected chi connectivity index (χ4v) is 2.65. The highest BCUT2D eigenvalue weighted by Gasteiger charge is 2.09. The lowest BCUT2D eigenvalue weighted by Gasteiger charge is -2.06. The number of aromatic nitrogens is 3. The van der Waals surface area contributed by atoms with Crippen molar-refractivity contribution in [1.29, 1.82) is 0 Å². The Kier molecular flexibility index (Phi) is 5.63. The Morgan fingerprint density at radius 2 is 1.93 bits per heavy atom. The van der Waals surface area contributed by atoms with Crippen molar-refractivity contribution in [1.82, 2.24) is 15.0 Å². The van der Waals surface area contributed by atoms with E-state index in [-0.39, 0.29) is 11.7 Å². The second-order valence-electron chi connectivity index (χ2n) is 5.46. The number of aromatic amines is 1. The van der Waals surface area contributed by atoms with Crippen LogP contribution in [0.25, 0.3) is 17.0 Å². The Bertz CT molecular complexity index is 1000. The molecule has 0 atom stereocenters. The number of nitrogen functional groups attached to an aromatic ring is 1.